The summed E-state index contributed by atoms with van der Waals surface area (Å²) in [6, 6.07) is 14.5. The number of carbonyl (C=O) groups is 1. The van der Waals surface area contributed by atoms with Crippen LogP contribution in [0.5, 0.6) is 0 Å². The molecule has 0 spiro atoms. The van der Waals surface area contributed by atoms with Crippen LogP contribution in [0.2, 0.25) is 0 Å². The van der Waals surface area contributed by atoms with Crippen LogP contribution in [0, 0.1) is 5.82 Å². The highest BCUT2D eigenvalue weighted by Gasteiger charge is 2.12. The van der Waals surface area contributed by atoms with E-state index in [1.54, 1.807) is 12.1 Å². The number of carbonyl (C=O) groups excluding carboxylic acids is 1. The fourth-order valence-corrected chi connectivity index (χ4v) is 2.78. The van der Waals surface area contributed by atoms with E-state index in [0.717, 1.165) is 29.8 Å². The molecule has 2 N–H and O–H groups in total. The molecule has 0 fully saturated rings. The van der Waals surface area contributed by atoms with Gasteiger partial charge in [-0.2, -0.15) is 0 Å². The van der Waals surface area contributed by atoms with Crippen molar-refractivity contribution in [1.29, 1.82) is 0 Å². The molecule has 0 saturated heterocycles. The summed E-state index contributed by atoms with van der Waals surface area (Å²) >= 11 is 0. The monoisotopic (exact) mass is 342 g/mol. The molecule has 2 rings (SSSR count). The van der Waals surface area contributed by atoms with Crippen molar-refractivity contribution in [3.63, 3.8) is 0 Å². The summed E-state index contributed by atoms with van der Waals surface area (Å²) in [6.45, 7) is 6.98. The summed E-state index contributed by atoms with van der Waals surface area (Å²) in [5, 5.41) is 6.36. The van der Waals surface area contributed by atoms with E-state index in [4.69, 9.17) is 0 Å². The Bertz CT molecular complexity index is 683. The molecular formula is C21H27FN2O. The second-order valence-corrected chi connectivity index (χ2v) is 6.73. The maximum Gasteiger partial charge on any atom is 0.225 e. The first-order valence-corrected chi connectivity index (χ1v) is 8.82. The van der Waals surface area contributed by atoms with Crippen molar-refractivity contribution in [1.82, 2.24) is 5.32 Å². The topological polar surface area (TPSA) is 41.1 Å². The third-order valence-corrected chi connectivity index (χ3v) is 4.17. The van der Waals surface area contributed by atoms with Gasteiger partial charge in [0.1, 0.15) is 5.82 Å². The number of benzene rings is 2. The first-order valence-electron chi connectivity index (χ1n) is 8.82. The number of hydrogen-bond donors (Lipinski definition) is 2. The second-order valence-electron chi connectivity index (χ2n) is 6.73. The summed E-state index contributed by atoms with van der Waals surface area (Å²) in [5.41, 5.74) is 3.12. The lowest BCUT2D eigenvalue weighted by Crippen LogP contribution is -2.32. The lowest BCUT2D eigenvalue weighted by Gasteiger charge is -2.16. The Labute approximate surface area is 149 Å². The predicted molar refractivity (Wildman–Crippen MR) is 101 cm³/mol. The molecule has 4 heteroatoms. The lowest BCUT2D eigenvalue weighted by atomic mass is 10.0. The van der Waals surface area contributed by atoms with E-state index in [1.165, 1.54) is 12.1 Å². The Hall–Kier alpha value is -2.20. The van der Waals surface area contributed by atoms with Crippen molar-refractivity contribution in [2.45, 2.75) is 45.6 Å². The van der Waals surface area contributed by atoms with E-state index < -0.39 is 0 Å². The standard InChI is InChI=1S/C21H27FN2O/c1-15(2)19-6-4-5-7-20(19)24-21(25)14-16(3)23-13-12-17-8-10-18(22)11-9-17/h4-11,15-16,23H,12-14H2,1-3H3,(H,24,25)/t16-/m0/s1. The lowest BCUT2D eigenvalue weighted by molar-refractivity contribution is -0.116. The molecule has 0 aliphatic heterocycles. The first kappa shape index (κ1) is 19.1. The number of para-hydroxylation sites is 1. The molecular weight excluding hydrogens is 315 g/mol. The van der Waals surface area contributed by atoms with E-state index in [0.29, 0.717) is 12.3 Å². The van der Waals surface area contributed by atoms with E-state index in [1.807, 2.05) is 31.2 Å². The molecule has 2 aromatic carbocycles. The van der Waals surface area contributed by atoms with E-state index in [2.05, 4.69) is 24.5 Å². The molecule has 134 valence electrons. The van der Waals surface area contributed by atoms with Crippen LogP contribution in [-0.2, 0) is 11.2 Å². The van der Waals surface area contributed by atoms with E-state index in [-0.39, 0.29) is 17.8 Å². The molecule has 3 nitrogen and oxygen atoms in total. The van der Waals surface area contributed by atoms with Gasteiger partial charge in [0, 0.05) is 18.2 Å². The highest BCUT2D eigenvalue weighted by atomic mass is 19.1. The van der Waals surface area contributed by atoms with E-state index in [9.17, 15) is 9.18 Å². The van der Waals surface area contributed by atoms with Crippen molar-refractivity contribution in [2.75, 3.05) is 11.9 Å². The van der Waals surface area contributed by atoms with Crippen LogP contribution in [0.4, 0.5) is 10.1 Å². The zero-order chi connectivity index (χ0) is 18.2. The van der Waals surface area contributed by atoms with Crippen molar-refractivity contribution in [2.24, 2.45) is 0 Å². The average Bonchev–Trinajstić information content (AvgIpc) is 2.57. The van der Waals surface area contributed by atoms with Crippen LogP contribution in [0.15, 0.2) is 48.5 Å². The molecule has 0 unspecified atom stereocenters. The third-order valence-electron chi connectivity index (χ3n) is 4.17. The third kappa shape index (κ3) is 6.31. The molecule has 0 heterocycles. The number of hydrogen-bond acceptors (Lipinski definition) is 2. The van der Waals surface area contributed by atoms with Gasteiger partial charge >= 0.3 is 0 Å². The molecule has 2 aromatic rings. The maximum atomic E-state index is 12.9. The van der Waals surface area contributed by atoms with Gasteiger partial charge in [-0.25, -0.2) is 4.39 Å². The number of amides is 1. The van der Waals surface area contributed by atoms with Crippen LogP contribution < -0.4 is 10.6 Å². The minimum absolute atomic E-state index is 0.00915. The van der Waals surface area contributed by atoms with Crippen molar-refractivity contribution in [3.8, 4) is 0 Å². The van der Waals surface area contributed by atoms with Gasteiger partial charge in [0.15, 0.2) is 0 Å². The largest absolute Gasteiger partial charge is 0.326 e. The Morgan fingerprint density at radius 3 is 2.40 bits per heavy atom. The van der Waals surface area contributed by atoms with Crippen LogP contribution in [0.1, 0.15) is 44.2 Å². The number of nitrogens with one attached hydrogen (secondary N) is 2. The molecule has 25 heavy (non-hydrogen) atoms. The van der Waals surface area contributed by atoms with Crippen molar-refractivity contribution in [3.05, 3.63) is 65.5 Å². The van der Waals surface area contributed by atoms with Crippen molar-refractivity contribution >= 4 is 11.6 Å². The Kier molecular flexibility index (Phi) is 7.14. The second kappa shape index (κ2) is 9.33. The van der Waals surface area contributed by atoms with Gasteiger partial charge in [0.05, 0.1) is 0 Å². The molecule has 0 aromatic heterocycles. The fourth-order valence-electron chi connectivity index (χ4n) is 2.78. The smallest absolute Gasteiger partial charge is 0.225 e. The zero-order valence-electron chi connectivity index (χ0n) is 15.2. The minimum Gasteiger partial charge on any atom is -0.326 e. The summed E-state index contributed by atoms with van der Waals surface area (Å²) < 4.78 is 12.9. The highest BCUT2D eigenvalue weighted by Crippen LogP contribution is 2.23. The summed E-state index contributed by atoms with van der Waals surface area (Å²) in [6.07, 6.45) is 1.22. The zero-order valence-corrected chi connectivity index (χ0v) is 15.2. The molecule has 1 atom stereocenters. The van der Waals surface area contributed by atoms with Gasteiger partial charge in [-0.3, -0.25) is 4.79 Å². The van der Waals surface area contributed by atoms with Crippen LogP contribution in [0.3, 0.4) is 0 Å². The Morgan fingerprint density at radius 2 is 1.72 bits per heavy atom. The molecule has 0 aliphatic rings. The minimum atomic E-state index is -0.219. The molecule has 0 saturated carbocycles. The highest BCUT2D eigenvalue weighted by molar-refractivity contribution is 5.91. The molecule has 1 amide bonds. The maximum absolute atomic E-state index is 12.9. The molecule has 0 radical (unpaired) electrons. The summed E-state index contributed by atoms with van der Waals surface area (Å²) in [4.78, 5) is 12.3. The predicted octanol–water partition coefficient (Wildman–Crippen LogP) is 4.50. The normalized spacial score (nSPS) is 12.2. The number of rotatable bonds is 8. The van der Waals surface area contributed by atoms with Gasteiger partial charge in [-0.1, -0.05) is 44.2 Å². The van der Waals surface area contributed by atoms with Crippen LogP contribution >= 0.6 is 0 Å². The van der Waals surface area contributed by atoms with Crippen LogP contribution in [-0.4, -0.2) is 18.5 Å². The van der Waals surface area contributed by atoms with Crippen molar-refractivity contribution < 1.29 is 9.18 Å². The Morgan fingerprint density at radius 1 is 1.04 bits per heavy atom. The van der Waals surface area contributed by atoms with Gasteiger partial charge in [0.2, 0.25) is 5.91 Å². The number of anilines is 1. The van der Waals surface area contributed by atoms with Gasteiger partial charge in [-0.05, 0) is 55.1 Å². The van der Waals surface area contributed by atoms with Crippen LogP contribution in [0.25, 0.3) is 0 Å². The summed E-state index contributed by atoms with van der Waals surface area (Å²) in [7, 11) is 0. The SMILES string of the molecule is CC(C)c1ccccc1NC(=O)C[C@H](C)NCCc1ccc(F)cc1. The molecule has 0 bridgehead atoms. The van der Waals surface area contributed by atoms with E-state index >= 15 is 0 Å². The molecule has 0 aliphatic carbocycles. The summed E-state index contributed by atoms with van der Waals surface area (Å²) in [5.74, 6) is 0.154. The van der Waals surface area contributed by atoms with Gasteiger partial charge < -0.3 is 10.6 Å². The average molecular weight is 342 g/mol. The van der Waals surface area contributed by atoms with Gasteiger partial charge in [-0.15, -0.1) is 0 Å². The fraction of sp³-hybridized carbons (Fsp3) is 0.381. The number of halogens is 1. The first-order chi connectivity index (χ1) is 12.0. The quantitative estimate of drug-likeness (QED) is 0.742. The Balaban J connectivity index is 1.77. The van der Waals surface area contributed by atoms with Gasteiger partial charge in [0.25, 0.3) is 0 Å².